The third-order valence-corrected chi connectivity index (χ3v) is 6.12. The van der Waals surface area contributed by atoms with E-state index in [1.807, 2.05) is 18.2 Å². The van der Waals surface area contributed by atoms with Gasteiger partial charge in [-0.25, -0.2) is 4.39 Å². The van der Waals surface area contributed by atoms with Crippen LogP contribution in [0.4, 0.5) is 10.1 Å². The first kappa shape index (κ1) is 20.5. The monoisotopic (exact) mass is 454 g/mol. The Kier molecular flexibility index (Phi) is 5.09. The number of hydrogen-bond donors (Lipinski definition) is 0. The highest BCUT2D eigenvalue weighted by molar-refractivity contribution is 6.30. The molecule has 32 heavy (non-hydrogen) atoms. The summed E-state index contributed by atoms with van der Waals surface area (Å²) < 4.78 is 21.6. The summed E-state index contributed by atoms with van der Waals surface area (Å²) in [5.74, 6) is -0.370. The fraction of sp³-hybridized carbons (Fsp3) is 0.261. The molecular formula is C23H20ClFN4O3. The number of aromatic nitrogens is 2. The van der Waals surface area contributed by atoms with Crippen molar-refractivity contribution in [2.75, 3.05) is 25.1 Å². The molecule has 0 spiro atoms. The van der Waals surface area contributed by atoms with Gasteiger partial charge in [0, 0.05) is 35.9 Å². The molecule has 0 fully saturated rings. The van der Waals surface area contributed by atoms with Crippen molar-refractivity contribution in [3.05, 3.63) is 76.3 Å². The minimum atomic E-state index is -0.757. The van der Waals surface area contributed by atoms with Crippen LogP contribution >= 0.6 is 11.6 Å². The minimum Gasteiger partial charge on any atom is -0.489 e. The molecule has 0 bridgehead atoms. The Hall–Kier alpha value is -3.39. The largest absolute Gasteiger partial charge is 0.489 e. The fourth-order valence-corrected chi connectivity index (χ4v) is 4.33. The van der Waals surface area contributed by atoms with Crippen LogP contribution < -0.4 is 9.64 Å². The molecule has 7 nitrogen and oxygen atoms in total. The Labute approximate surface area is 188 Å². The van der Waals surface area contributed by atoms with E-state index in [1.54, 1.807) is 36.1 Å². The molecule has 3 heterocycles. The van der Waals surface area contributed by atoms with Crippen LogP contribution in [-0.2, 0) is 17.8 Å². The Bertz CT molecular complexity index is 1230. The number of benzene rings is 2. The maximum absolute atomic E-state index is 14.2. The van der Waals surface area contributed by atoms with Crippen molar-refractivity contribution >= 4 is 29.1 Å². The molecule has 5 rings (SSSR count). The second-order valence-corrected chi connectivity index (χ2v) is 8.31. The van der Waals surface area contributed by atoms with E-state index in [1.165, 1.54) is 15.9 Å². The normalized spacial score (nSPS) is 18.2. The fourth-order valence-electron chi connectivity index (χ4n) is 4.17. The molecule has 2 aliphatic rings. The van der Waals surface area contributed by atoms with Gasteiger partial charge in [0.05, 0.1) is 12.2 Å². The van der Waals surface area contributed by atoms with Crippen molar-refractivity contribution < 1.29 is 18.7 Å². The maximum atomic E-state index is 14.2. The van der Waals surface area contributed by atoms with Crippen LogP contribution in [0.1, 0.15) is 21.6 Å². The number of nitrogens with zero attached hydrogens (tertiary/aromatic N) is 4. The summed E-state index contributed by atoms with van der Waals surface area (Å²) in [6, 6.07) is 11.0. The molecule has 0 aliphatic carbocycles. The molecule has 9 heteroatoms. The number of carbonyl (C=O) groups excluding carboxylic acids is 2. The number of carbonyl (C=O) groups is 2. The highest BCUT2D eigenvalue weighted by atomic mass is 35.5. The summed E-state index contributed by atoms with van der Waals surface area (Å²) in [5, 5.41) is 4.72. The number of likely N-dealkylation sites (N-methyl/N-ethyl adjacent to an activating group) is 1. The third-order valence-electron chi connectivity index (χ3n) is 5.89. The lowest BCUT2D eigenvalue weighted by Gasteiger charge is -2.33. The summed E-state index contributed by atoms with van der Waals surface area (Å²) in [7, 11) is 1.68. The van der Waals surface area contributed by atoms with Gasteiger partial charge in [0.25, 0.3) is 11.8 Å². The minimum absolute atomic E-state index is 0.0674. The van der Waals surface area contributed by atoms with Gasteiger partial charge in [0.2, 0.25) is 0 Å². The van der Waals surface area contributed by atoms with Gasteiger partial charge in [-0.15, -0.1) is 0 Å². The zero-order valence-corrected chi connectivity index (χ0v) is 18.1. The quantitative estimate of drug-likeness (QED) is 0.609. The van der Waals surface area contributed by atoms with E-state index in [9.17, 15) is 14.0 Å². The van der Waals surface area contributed by atoms with Crippen molar-refractivity contribution in [2.45, 2.75) is 19.0 Å². The van der Waals surface area contributed by atoms with Crippen LogP contribution in [0.15, 0.2) is 48.7 Å². The molecule has 164 valence electrons. The number of halogens is 2. The van der Waals surface area contributed by atoms with Gasteiger partial charge in [-0.05, 0) is 30.7 Å². The molecule has 2 aliphatic heterocycles. The van der Waals surface area contributed by atoms with Crippen LogP contribution in [0.3, 0.4) is 0 Å². The van der Waals surface area contributed by atoms with Gasteiger partial charge < -0.3 is 14.5 Å². The predicted octanol–water partition coefficient (Wildman–Crippen LogP) is 3.15. The molecule has 0 unspecified atom stereocenters. The number of rotatable bonds is 3. The summed E-state index contributed by atoms with van der Waals surface area (Å²) in [6.07, 6.45) is 2.30. The highest BCUT2D eigenvalue weighted by Crippen LogP contribution is 2.32. The molecule has 1 aromatic heterocycles. The van der Waals surface area contributed by atoms with Crippen LogP contribution in [0.25, 0.3) is 0 Å². The highest BCUT2D eigenvalue weighted by Gasteiger charge is 2.39. The zero-order valence-electron chi connectivity index (χ0n) is 17.3. The summed E-state index contributed by atoms with van der Waals surface area (Å²) >= 11 is 5.82. The van der Waals surface area contributed by atoms with Gasteiger partial charge in [-0.2, -0.15) is 5.10 Å². The Morgan fingerprint density at radius 1 is 1.22 bits per heavy atom. The SMILES string of the molecule is CN1C(=O)[C@@H](N2CCc3cn(Cc4ccc(Cl)cc4F)nc3C2=O)COc2ccccc21. The predicted molar refractivity (Wildman–Crippen MR) is 117 cm³/mol. The van der Waals surface area contributed by atoms with E-state index in [4.69, 9.17) is 16.3 Å². The van der Waals surface area contributed by atoms with Gasteiger partial charge in [0.1, 0.15) is 24.2 Å². The van der Waals surface area contributed by atoms with E-state index in [0.29, 0.717) is 35.0 Å². The maximum Gasteiger partial charge on any atom is 0.275 e. The van der Waals surface area contributed by atoms with Gasteiger partial charge in [0.15, 0.2) is 5.69 Å². The van der Waals surface area contributed by atoms with Crippen molar-refractivity contribution in [1.29, 1.82) is 0 Å². The van der Waals surface area contributed by atoms with E-state index < -0.39 is 11.9 Å². The van der Waals surface area contributed by atoms with Crippen LogP contribution in [0.5, 0.6) is 5.75 Å². The van der Waals surface area contributed by atoms with Gasteiger partial charge in [-0.1, -0.05) is 29.8 Å². The third kappa shape index (κ3) is 3.50. The lowest BCUT2D eigenvalue weighted by atomic mass is 10.0. The van der Waals surface area contributed by atoms with Crippen molar-refractivity contribution in [1.82, 2.24) is 14.7 Å². The molecule has 2 aromatic carbocycles. The molecule has 1 atom stereocenters. The average molecular weight is 455 g/mol. The van der Waals surface area contributed by atoms with Crippen LogP contribution in [0, 0.1) is 5.82 Å². The van der Waals surface area contributed by atoms with E-state index in [0.717, 1.165) is 5.56 Å². The lowest BCUT2D eigenvalue weighted by molar-refractivity contribution is -0.123. The first-order valence-electron chi connectivity index (χ1n) is 10.2. The van der Waals surface area contributed by atoms with E-state index in [-0.39, 0.29) is 30.7 Å². The topological polar surface area (TPSA) is 67.7 Å². The van der Waals surface area contributed by atoms with Crippen molar-refractivity contribution in [3.63, 3.8) is 0 Å². The van der Waals surface area contributed by atoms with Crippen molar-refractivity contribution in [3.8, 4) is 5.75 Å². The molecule has 2 amide bonds. The molecule has 0 saturated heterocycles. The second kappa shape index (κ2) is 7.94. The van der Waals surface area contributed by atoms with Crippen molar-refractivity contribution in [2.24, 2.45) is 0 Å². The summed E-state index contributed by atoms with van der Waals surface area (Å²) in [5.41, 5.74) is 2.15. The zero-order chi connectivity index (χ0) is 22.4. The Balaban J connectivity index is 1.39. The average Bonchev–Trinajstić information content (AvgIpc) is 3.15. The van der Waals surface area contributed by atoms with Gasteiger partial charge >= 0.3 is 0 Å². The van der Waals surface area contributed by atoms with Crippen LogP contribution in [0.2, 0.25) is 5.02 Å². The number of fused-ring (bicyclic) bond motifs is 2. The molecular weight excluding hydrogens is 435 g/mol. The molecule has 0 saturated carbocycles. The first-order valence-corrected chi connectivity index (χ1v) is 10.6. The molecule has 3 aromatic rings. The van der Waals surface area contributed by atoms with Crippen LogP contribution in [-0.4, -0.2) is 52.7 Å². The second-order valence-electron chi connectivity index (χ2n) is 7.88. The Morgan fingerprint density at radius 2 is 2.03 bits per heavy atom. The number of para-hydroxylation sites is 2. The Morgan fingerprint density at radius 3 is 2.84 bits per heavy atom. The number of amides is 2. The summed E-state index contributed by atoms with van der Waals surface area (Å²) in [4.78, 5) is 29.5. The number of ether oxygens (including phenoxy) is 1. The number of hydrogen-bond acceptors (Lipinski definition) is 4. The number of anilines is 1. The molecule has 0 radical (unpaired) electrons. The van der Waals surface area contributed by atoms with E-state index in [2.05, 4.69) is 5.10 Å². The molecule has 0 N–H and O–H groups in total. The van der Waals surface area contributed by atoms with Gasteiger partial charge in [-0.3, -0.25) is 14.3 Å². The lowest BCUT2D eigenvalue weighted by Crippen LogP contribution is -2.54. The standard InChI is InChI=1S/C23H20ClFN4O3/c1-27-18-4-2-3-5-20(18)32-13-19(22(27)30)29-9-8-15-12-28(26-21(15)23(29)31)11-14-6-7-16(24)10-17(14)25/h2-7,10,12,19H,8-9,11,13H2,1H3/t19-/m0/s1. The summed E-state index contributed by atoms with van der Waals surface area (Å²) in [6.45, 7) is 0.613. The van der Waals surface area contributed by atoms with E-state index >= 15 is 0 Å². The first-order chi connectivity index (χ1) is 15.4. The smallest absolute Gasteiger partial charge is 0.275 e.